The van der Waals surface area contributed by atoms with Crippen LogP contribution < -0.4 is 4.90 Å². The molecule has 0 saturated carbocycles. The van der Waals surface area contributed by atoms with E-state index in [1.54, 1.807) is 17.4 Å². The number of hydrogen-bond donors (Lipinski definition) is 0. The zero-order valence-corrected chi connectivity index (χ0v) is 16.0. The molecule has 3 heterocycles. The lowest BCUT2D eigenvalue weighted by molar-refractivity contribution is -0.131. The number of para-hydroxylation sites is 1. The average Bonchev–Trinajstić information content (AvgIpc) is 3.08. The molecule has 138 valence electrons. The topological polar surface area (TPSA) is 70.6 Å². The van der Waals surface area contributed by atoms with Crippen molar-refractivity contribution in [1.82, 2.24) is 9.88 Å². The van der Waals surface area contributed by atoms with Crippen molar-refractivity contribution in [3.05, 3.63) is 35.7 Å². The van der Waals surface area contributed by atoms with E-state index in [-0.39, 0.29) is 24.0 Å². The van der Waals surface area contributed by atoms with Crippen LogP contribution in [-0.4, -0.2) is 56.1 Å². The first kappa shape index (κ1) is 17.5. The van der Waals surface area contributed by atoms with Crippen LogP contribution >= 0.6 is 11.3 Å². The number of benzene rings is 1. The van der Waals surface area contributed by atoms with E-state index in [1.165, 1.54) is 10.1 Å². The van der Waals surface area contributed by atoms with Gasteiger partial charge in [0.05, 0.1) is 16.0 Å². The number of allylic oxidation sites excluding steroid dienone is 1. The zero-order chi connectivity index (χ0) is 18.1. The van der Waals surface area contributed by atoms with Crippen LogP contribution in [0, 0.1) is 5.92 Å². The quantitative estimate of drug-likeness (QED) is 0.803. The third kappa shape index (κ3) is 3.76. The Bertz CT molecular complexity index is 918. The monoisotopic (exact) mass is 391 g/mol. The van der Waals surface area contributed by atoms with Gasteiger partial charge >= 0.3 is 0 Å². The Labute approximate surface area is 157 Å². The van der Waals surface area contributed by atoms with Crippen LogP contribution in [0.3, 0.4) is 0 Å². The molecule has 1 fully saturated rings. The van der Waals surface area contributed by atoms with Crippen LogP contribution in [0.1, 0.15) is 12.8 Å². The maximum absolute atomic E-state index is 12.6. The van der Waals surface area contributed by atoms with Gasteiger partial charge in [0.15, 0.2) is 15.0 Å². The Balaban J connectivity index is 1.38. The zero-order valence-electron chi connectivity index (χ0n) is 14.4. The molecular weight excluding hydrogens is 370 g/mol. The normalized spacial score (nSPS) is 22.7. The number of hydrogen-bond acceptors (Lipinski definition) is 6. The molecule has 26 heavy (non-hydrogen) atoms. The van der Waals surface area contributed by atoms with Crippen LogP contribution in [0.4, 0.5) is 5.13 Å². The summed E-state index contributed by atoms with van der Waals surface area (Å²) in [6.45, 7) is 2.99. The van der Waals surface area contributed by atoms with Crippen molar-refractivity contribution in [2.75, 3.05) is 36.8 Å². The fourth-order valence-electron chi connectivity index (χ4n) is 3.47. The second-order valence-corrected chi connectivity index (χ2v) is 9.75. The third-order valence-corrected chi connectivity index (χ3v) is 7.40. The molecule has 1 aromatic heterocycles. The highest BCUT2D eigenvalue weighted by Crippen LogP contribution is 2.29. The van der Waals surface area contributed by atoms with Crippen molar-refractivity contribution in [1.29, 1.82) is 0 Å². The SMILES string of the molecule is O=C(C[C@H]1C=CS(=O)(=O)C1)N1CCCN(c2nc3ccccc3s2)CC1. The van der Waals surface area contributed by atoms with E-state index in [1.807, 2.05) is 23.1 Å². The molecule has 0 N–H and O–H groups in total. The first-order valence-corrected chi connectivity index (χ1v) is 11.3. The molecule has 0 bridgehead atoms. The molecule has 2 aliphatic heterocycles. The molecule has 2 aromatic rings. The molecule has 6 nitrogen and oxygen atoms in total. The Morgan fingerprint density at radius 3 is 2.81 bits per heavy atom. The van der Waals surface area contributed by atoms with E-state index in [0.717, 1.165) is 30.2 Å². The summed E-state index contributed by atoms with van der Waals surface area (Å²) in [5.74, 6) is -0.0799. The summed E-state index contributed by atoms with van der Waals surface area (Å²) in [4.78, 5) is 21.4. The molecule has 1 aromatic carbocycles. The van der Waals surface area contributed by atoms with Gasteiger partial charge in [0, 0.05) is 43.9 Å². The molecular formula is C18H21N3O3S2. The van der Waals surface area contributed by atoms with Gasteiger partial charge in [-0.15, -0.1) is 0 Å². The fraction of sp³-hybridized carbons (Fsp3) is 0.444. The molecule has 0 unspecified atom stereocenters. The molecule has 1 amide bonds. The first-order chi connectivity index (χ1) is 12.5. The number of carbonyl (C=O) groups is 1. The van der Waals surface area contributed by atoms with Crippen molar-refractivity contribution >= 4 is 42.4 Å². The van der Waals surface area contributed by atoms with E-state index < -0.39 is 9.84 Å². The molecule has 1 saturated heterocycles. The maximum Gasteiger partial charge on any atom is 0.223 e. The third-order valence-electron chi connectivity index (χ3n) is 4.84. The van der Waals surface area contributed by atoms with Gasteiger partial charge in [0.1, 0.15) is 0 Å². The van der Waals surface area contributed by atoms with Crippen LogP contribution in [0.25, 0.3) is 10.2 Å². The van der Waals surface area contributed by atoms with Crippen molar-refractivity contribution < 1.29 is 13.2 Å². The number of thiazole rings is 1. The lowest BCUT2D eigenvalue weighted by Gasteiger charge is -2.22. The van der Waals surface area contributed by atoms with E-state index in [4.69, 9.17) is 4.98 Å². The largest absolute Gasteiger partial charge is 0.346 e. The van der Waals surface area contributed by atoms with Gasteiger partial charge < -0.3 is 9.80 Å². The van der Waals surface area contributed by atoms with E-state index in [2.05, 4.69) is 11.0 Å². The van der Waals surface area contributed by atoms with Gasteiger partial charge in [-0.2, -0.15) is 0 Å². The molecule has 0 spiro atoms. The average molecular weight is 392 g/mol. The minimum Gasteiger partial charge on any atom is -0.346 e. The van der Waals surface area contributed by atoms with E-state index in [0.29, 0.717) is 13.1 Å². The summed E-state index contributed by atoms with van der Waals surface area (Å²) in [6.07, 6.45) is 2.82. The standard InChI is InChI=1S/C18H21N3O3S2/c22-17(12-14-6-11-26(23,24)13-14)20-7-3-8-21(10-9-20)18-19-15-4-1-2-5-16(15)25-18/h1-2,4-6,11,14H,3,7-10,12-13H2/t14-/m1/s1. The van der Waals surface area contributed by atoms with E-state index in [9.17, 15) is 13.2 Å². The minimum atomic E-state index is -3.10. The number of aromatic nitrogens is 1. The molecule has 0 radical (unpaired) electrons. The molecule has 1 atom stereocenters. The lowest BCUT2D eigenvalue weighted by Crippen LogP contribution is -2.36. The number of amides is 1. The van der Waals surface area contributed by atoms with Crippen LogP contribution in [-0.2, 0) is 14.6 Å². The number of carbonyl (C=O) groups excluding carboxylic acids is 1. The first-order valence-electron chi connectivity index (χ1n) is 8.79. The van der Waals surface area contributed by atoms with E-state index >= 15 is 0 Å². The van der Waals surface area contributed by atoms with Crippen LogP contribution in [0.15, 0.2) is 35.7 Å². The summed E-state index contributed by atoms with van der Waals surface area (Å²) in [6, 6.07) is 8.11. The molecule has 0 aliphatic carbocycles. The fourth-order valence-corrected chi connectivity index (χ4v) is 5.89. The minimum absolute atomic E-state index is 0.0444. The van der Waals surface area contributed by atoms with Crippen LogP contribution in [0.2, 0.25) is 0 Å². The highest BCUT2D eigenvalue weighted by molar-refractivity contribution is 7.94. The van der Waals surface area contributed by atoms with Crippen molar-refractivity contribution in [3.8, 4) is 0 Å². The Morgan fingerprint density at radius 1 is 1.19 bits per heavy atom. The highest BCUT2D eigenvalue weighted by atomic mass is 32.2. The Kier molecular flexibility index (Phi) is 4.71. The Hall–Kier alpha value is -1.93. The highest BCUT2D eigenvalue weighted by Gasteiger charge is 2.27. The van der Waals surface area contributed by atoms with Crippen molar-refractivity contribution in [3.63, 3.8) is 0 Å². The second-order valence-electron chi connectivity index (χ2n) is 6.81. The predicted octanol–water partition coefficient (Wildman–Crippen LogP) is 2.28. The molecule has 4 rings (SSSR count). The number of fused-ring (bicyclic) bond motifs is 1. The second kappa shape index (κ2) is 7.00. The summed E-state index contributed by atoms with van der Waals surface area (Å²) in [7, 11) is -3.10. The van der Waals surface area contributed by atoms with Gasteiger partial charge in [0.25, 0.3) is 0 Å². The van der Waals surface area contributed by atoms with Gasteiger partial charge in [-0.1, -0.05) is 29.5 Å². The lowest BCUT2D eigenvalue weighted by atomic mass is 10.1. The van der Waals surface area contributed by atoms with Gasteiger partial charge in [0.2, 0.25) is 5.91 Å². The number of anilines is 1. The van der Waals surface area contributed by atoms with Crippen LogP contribution in [0.5, 0.6) is 0 Å². The van der Waals surface area contributed by atoms with Gasteiger partial charge in [-0.25, -0.2) is 13.4 Å². The predicted molar refractivity (Wildman–Crippen MR) is 104 cm³/mol. The smallest absolute Gasteiger partial charge is 0.223 e. The summed E-state index contributed by atoms with van der Waals surface area (Å²) >= 11 is 1.68. The van der Waals surface area contributed by atoms with Crippen molar-refractivity contribution in [2.24, 2.45) is 5.92 Å². The summed E-state index contributed by atoms with van der Waals surface area (Å²) in [5.41, 5.74) is 1.01. The Morgan fingerprint density at radius 2 is 2.04 bits per heavy atom. The summed E-state index contributed by atoms with van der Waals surface area (Å²) in [5, 5.41) is 2.24. The molecule has 8 heteroatoms. The number of rotatable bonds is 3. The van der Waals surface area contributed by atoms with Crippen molar-refractivity contribution in [2.45, 2.75) is 12.8 Å². The maximum atomic E-state index is 12.6. The number of sulfone groups is 1. The number of nitrogens with zero attached hydrogens (tertiary/aromatic N) is 3. The van der Waals surface area contributed by atoms with Gasteiger partial charge in [-0.05, 0) is 18.6 Å². The van der Waals surface area contributed by atoms with Gasteiger partial charge in [-0.3, -0.25) is 4.79 Å². The molecule has 2 aliphatic rings. The summed E-state index contributed by atoms with van der Waals surface area (Å²) < 4.78 is 24.2.